The third-order valence-electron chi connectivity index (χ3n) is 3.41. The minimum absolute atomic E-state index is 0.538. The summed E-state index contributed by atoms with van der Waals surface area (Å²) in [6.45, 7) is 14.0. The standard InChI is InChI=1S/C16H29N3/c1-6-14(5)19(7-2)16-10-8-9-15(18-16)12-17-11-13(3)4/h8-10,13-14,17H,6-7,11-12H2,1-5H3. The lowest BCUT2D eigenvalue weighted by Crippen LogP contribution is -2.33. The Balaban J connectivity index is 2.69. The van der Waals surface area contributed by atoms with Crippen molar-refractivity contribution in [1.82, 2.24) is 10.3 Å². The number of nitrogens with zero attached hydrogens (tertiary/aromatic N) is 2. The van der Waals surface area contributed by atoms with Gasteiger partial charge in [-0.15, -0.1) is 0 Å². The second-order valence-corrected chi connectivity index (χ2v) is 5.56. The van der Waals surface area contributed by atoms with Crippen molar-refractivity contribution in [2.75, 3.05) is 18.0 Å². The fraction of sp³-hybridized carbons (Fsp3) is 0.688. The van der Waals surface area contributed by atoms with Gasteiger partial charge in [-0.05, 0) is 44.9 Å². The van der Waals surface area contributed by atoms with E-state index in [0.29, 0.717) is 12.0 Å². The Bertz CT molecular complexity index is 363. The molecule has 0 aliphatic carbocycles. The molecular weight excluding hydrogens is 234 g/mol. The number of aromatic nitrogens is 1. The summed E-state index contributed by atoms with van der Waals surface area (Å²) in [4.78, 5) is 7.14. The predicted molar refractivity (Wildman–Crippen MR) is 83.6 cm³/mol. The fourth-order valence-corrected chi connectivity index (χ4v) is 2.13. The minimum Gasteiger partial charge on any atom is -0.354 e. The molecule has 0 bridgehead atoms. The molecule has 108 valence electrons. The third-order valence-corrected chi connectivity index (χ3v) is 3.41. The molecule has 0 saturated carbocycles. The molecule has 0 amide bonds. The molecule has 1 N–H and O–H groups in total. The van der Waals surface area contributed by atoms with E-state index >= 15 is 0 Å². The van der Waals surface area contributed by atoms with Crippen LogP contribution in [-0.4, -0.2) is 24.1 Å². The zero-order chi connectivity index (χ0) is 14.3. The van der Waals surface area contributed by atoms with Crippen LogP contribution in [0, 0.1) is 5.92 Å². The Morgan fingerprint density at radius 1 is 1.21 bits per heavy atom. The van der Waals surface area contributed by atoms with E-state index in [-0.39, 0.29) is 0 Å². The third kappa shape index (κ3) is 5.19. The molecule has 3 heteroatoms. The van der Waals surface area contributed by atoms with E-state index in [9.17, 15) is 0 Å². The second-order valence-electron chi connectivity index (χ2n) is 5.56. The van der Waals surface area contributed by atoms with E-state index < -0.39 is 0 Å². The molecule has 0 aliphatic rings. The number of pyridine rings is 1. The molecular formula is C16H29N3. The van der Waals surface area contributed by atoms with Crippen LogP contribution in [0.25, 0.3) is 0 Å². The molecule has 1 atom stereocenters. The number of rotatable bonds is 8. The van der Waals surface area contributed by atoms with E-state index in [2.05, 4.69) is 63.0 Å². The van der Waals surface area contributed by atoms with Crippen molar-refractivity contribution in [3.05, 3.63) is 23.9 Å². The Kier molecular flexibility index (Phi) is 6.85. The fourth-order valence-electron chi connectivity index (χ4n) is 2.13. The monoisotopic (exact) mass is 263 g/mol. The van der Waals surface area contributed by atoms with Gasteiger partial charge in [0.05, 0.1) is 5.69 Å². The van der Waals surface area contributed by atoms with Gasteiger partial charge in [-0.1, -0.05) is 26.8 Å². The highest BCUT2D eigenvalue weighted by Crippen LogP contribution is 2.16. The second kappa shape index (κ2) is 8.16. The van der Waals surface area contributed by atoms with Crippen molar-refractivity contribution in [3.8, 4) is 0 Å². The number of anilines is 1. The maximum atomic E-state index is 4.77. The first kappa shape index (κ1) is 16.0. The summed E-state index contributed by atoms with van der Waals surface area (Å²) in [7, 11) is 0. The van der Waals surface area contributed by atoms with E-state index in [0.717, 1.165) is 37.6 Å². The normalized spacial score (nSPS) is 12.7. The van der Waals surface area contributed by atoms with Gasteiger partial charge in [-0.2, -0.15) is 0 Å². The maximum Gasteiger partial charge on any atom is 0.129 e. The highest BCUT2D eigenvalue weighted by molar-refractivity contribution is 5.40. The zero-order valence-electron chi connectivity index (χ0n) is 13.1. The van der Waals surface area contributed by atoms with Gasteiger partial charge in [0, 0.05) is 19.1 Å². The van der Waals surface area contributed by atoms with Crippen molar-refractivity contribution in [1.29, 1.82) is 0 Å². The first-order chi connectivity index (χ1) is 9.08. The Morgan fingerprint density at radius 3 is 2.53 bits per heavy atom. The van der Waals surface area contributed by atoms with Crippen LogP contribution in [-0.2, 0) is 6.54 Å². The Hall–Kier alpha value is -1.09. The van der Waals surface area contributed by atoms with Gasteiger partial charge in [0.2, 0.25) is 0 Å². The number of hydrogen-bond donors (Lipinski definition) is 1. The molecule has 1 heterocycles. The summed E-state index contributed by atoms with van der Waals surface area (Å²) in [6, 6.07) is 6.86. The average molecular weight is 263 g/mol. The van der Waals surface area contributed by atoms with E-state index in [1.54, 1.807) is 0 Å². The molecule has 1 unspecified atom stereocenters. The molecule has 1 rings (SSSR count). The molecule has 0 saturated heterocycles. The molecule has 1 aromatic rings. The SMILES string of the molecule is CCC(C)N(CC)c1cccc(CNCC(C)C)n1. The average Bonchev–Trinajstić information content (AvgIpc) is 2.39. The molecule has 0 aliphatic heterocycles. The quantitative estimate of drug-likeness (QED) is 0.778. The molecule has 0 spiro atoms. The molecule has 0 aromatic carbocycles. The summed E-state index contributed by atoms with van der Waals surface area (Å²) >= 11 is 0. The summed E-state index contributed by atoms with van der Waals surface area (Å²) in [6.07, 6.45) is 1.14. The van der Waals surface area contributed by atoms with Gasteiger partial charge in [0.1, 0.15) is 5.82 Å². The predicted octanol–water partition coefficient (Wildman–Crippen LogP) is 3.45. The lowest BCUT2D eigenvalue weighted by atomic mass is 10.2. The van der Waals surface area contributed by atoms with Crippen LogP contribution in [0.1, 0.15) is 46.7 Å². The van der Waals surface area contributed by atoms with Crippen molar-refractivity contribution in [3.63, 3.8) is 0 Å². The number of nitrogens with one attached hydrogen (secondary N) is 1. The first-order valence-electron chi connectivity index (χ1n) is 7.51. The van der Waals surface area contributed by atoms with Crippen LogP contribution in [0.3, 0.4) is 0 Å². The van der Waals surface area contributed by atoms with Crippen LogP contribution in [0.15, 0.2) is 18.2 Å². The van der Waals surface area contributed by atoms with Crippen molar-refractivity contribution < 1.29 is 0 Å². The topological polar surface area (TPSA) is 28.2 Å². The summed E-state index contributed by atoms with van der Waals surface area (Å²) < 4.78 is 0. The van der Waals surface area contributed by atoms with Gasteiger partial charge < -0.3 is 10.2 Å². The van der Waals surface area contributed by atoms with E-state index in [1.807, 2.05) is 0 Å². The van der Waals surface area contributed by atoms with Crippen LogP contribution >= 0.6 is 0 Å². The van der Waals surface area contributed by atoms with Crippen molar-refractivity contribution in [2.45, 2.75) is 53.6 Å². The molecule has 19 heavy (non-hydrogen) atoms. The largest absolute Gasteiger partial charge is 0.354 e. The summed E-state index contributed by atoms with van der Waals surface area (Å²) in [5, 5.41) is 3.45. The van der Waals surface area contributed by atoms with Crippen LogP contribution in [0.5, 0.6) is 0 Å². The minimum atomic E-state index is 0.538. The molecule has 0 fully saturated rings. The summed E-state index contributed by atoms with van der Waals surface area (Å²) in [5.74, 6) is 1.77. The van der Waals surface area contributed by atoms with Gasteiger partial charge in [-0.25, -0.2) is 4.98 Å². The maximum absolute atomic E-state index is 4.77. The summed E-state index contributed by atoms with van der Waals surface area (Å²) in [5.41, 5.74) is 1.12. The van der Waals surface area contributed by atoms with E-state index in [4.69, 9.17) is 4.98 Å². The van der Waals surface area contributed by atoms with Crippen LogP contribution < -0.4 is 10.2 Å². The van der Waals surface area contributed by atoms with Crippen molar-refractivity contribution in [2.24, 2.45) is 5.92 Å². The molecule has 3 nitrogen and oxygen atoms in total. The lowest BCUT2D eigenvalue weighted by Gasteiger charge is -2.28. The Labute approximate surface area is 118 Å². The highest BCUT2D eigenvalue weighted by Gasteiger charge is 2.12. The smallest absolute Gasteiger partial charge is 0.129 e. The Morgan fingerprint density at radius 2 is 1.95 bits per heavy atom. The lowest BCUT2D eigenvalue weighted by molar-refractivity contribution is 0.547. The van der Waals surface area contributed by atoms with Gasteiger partial charge >= 0.3 is 0 Å². The zero-order valence-corrected chi connectivity index (χ0v) is 13.1. The van der Waals surface area contributed by atoms with Gasteiger partial charge in [-0.3, -0.25) is 0 Å². The highest BCUT2D eigenvalue weighted by atomic mass is 15.2. The number of hydrogen-bond acceptors (Lipinski definition) is 3. The van der Waals surface area contributed by atoms with Gasteiger partial charge in [0.15, 0.2) is 0 Å². The molecule has 0 radical (unpaired) electrons. The van der Waals surface area contributed by atoms with E-state index in [1.165, 1.54) is 0 Å². The van der Waals surface area contributed by atoms with Crippen LogP contribution in [0.2, 0.25) is 0 Å². The van der Waals surface area contributed by atoms with Crippen LogP contribution in [0.4, 0.5) is 5.82 Å². The first-order valence-corrected chi connectivity index (χ1v) is 7.51. The van der Waals surface area contributed by atoms with Gasteiger partial charge in [0.25, 0.3) is 0 Å². The van der Waals surface area contributed by atoms with Crippen molar-refractivity contribution >= 4 is 5.82 Å². The molecule has 1 aromatic heterocycles.